The normalized spacial score (nSPS) is 20.0. The lowest BCUT2D eigenvalue weighted by molar-refractivity contribution is 0.0955. The molecule has 80 valence electrons. The van der Waals surface area contributed by atoms with Crippen LogP contribution in [0.5, 0.6) is 0 Å². The average Bonchev–Trinajstić information content (AvgIpc) is 1.83. The second-order valence-electron chi connectivity index (χ2n) is 4.73. The summed E-state index contributed by atoms with van der Waals surface area (Å²) < 4.78 is 29.6. The Morgan fingerprint density at radius 2 is 1.62 bits per heavy atom. The third kappa shape index (κ3) is 4.24. The molecule has 2 nitrogen and oxygen atoms in total. The Bertz CT molecular complexity index is 208. The SMILES string of the molecule is CC(OP(=O)(F)C(C)C)C(C)(C)C. The van der Waals surface area contributed by atoms with Crippen LogP contribution in [0.3, 0.4) is 0 Å². The van der Waals surface area contributed by atoms with Gasteiger partial charge in [0.1, 0.15) is 0 Å². The highest BCUT2D eigenvalue weighted by molar-refractivity contribution is 7.54. The summed E-state index contributed by atoms with van der Waals surface area (Å²) in [5.41, 5.74) is -0.742. The van der Waals surface area contributed by atoms with Crippen LogP contribution < -0.4 is 0 Å². The summed E-state index contributed by atoms with van der Waals surface area (Å²) in [6.07, 6.45) is -0.342. The third-order valence-corrected chi connectivity index (χ3v) is 3.98. The highest BCUT2D eigenvalue weighted by atomic mass is 31.2. The molecule has 4 heteroatoms. The zero-order valence-corrected chi connectivity index (χ0v) is 10.2. The van der Waals surface area contributed by atoms with Crippen molar-refractivity contribution in [1.82, 2.24) is 0 Å². The van der Waals surface area contributed by atoms with E-state index in [4.69, 9.17) is 4.52 Å². The minimum Gasteiger partial charge on any atom is -0.302 e. The Morgan fingerprint density at radius 1 is 1.23 bits per heavy atom. The van der Waals surface area contributed by atoms with Gasteiger partial charge < -0.3 is 4.52 Å². The van der Waals surface area contributed by atoms with E-state index in [2.05, 4.69) is 0 Å². The lowest BCUT2D eigenvalue weighted by Gasteiger charge is -2.29. The molecular formula is C9H20FO2P. The fourth-order valence-corrected chi connectivity index (χ4v) is 1.49. The van der Waals surface area contributed by atoms with Crippen molar-refractivity contribution >= 4 is 7.68 Å². The van der Waals surface area contributed by atoms with E-state index in [1.165, 1.54) is 0 Å². The molecule has 0 aliphatic heterocycles. The minimum atomic E-state index is -3.92. The van der Waals surface area contributed by atoms with Crippen LogP contribution in [0.4, 0.5) is 4.20 Å². The van der Waals surface area contributed by atoms with Crippen molar-refractivity contribution in [2.75, 3.05) is 0 Å². The first-order valence-corrected chi connectivity index (χ1v) is 6.13. The van der Waals surface area contributed by atoms with Gasteiger partial charge in [0.15, 0.2) is 0 Å². The average molecular weight is 210 g/mol. The Labute approximate surface area is 80.4 Å². The Morgan fingerprint density at radius 3 is 1.85 bits per heavy atom. The number of rotatable bonds is 3. The lowest BCUT2D eigenvalue weighted by Crippen LogP contribution is -2.25. The summed E-state index contributed by atoms with van der Waals surface area (Å²) in [5.74, 6) is 0. The topological polar surface area (TPSA) is 26.3 Å². The van der Waals surface area contributed by atoms with Crippen LogP contribution in [0.1, 0.15) is 41.5 Å². The third-order valence-electron chi connectivity index (χ3n) is 2.14. The predicted molar refractivity (Wildman–Crippen MR) is 53.9 cm³/mol. The zero-order valence-electron chi connectivity index (χ0n) is 9.30. The molecule has 0 aliphatic rings. The van der Waals surface area contributed by atoms with Crippen molar-refractivity contribution in [3.05, 3.63) is 0 Å². The fourth-order valence-electron chi connectivity index (χ4n) is 0.495. The second-order valence-corrected chi connectivity index (χ2v) is 7.01. The molecule has 13 heavy (non-hydrogen) atoms. The monoisotopic (exact) mass is 210 g/mol. The summed E-state index contributed by atoms with van der Waals surface area (Å²) in [6, 6.07) is 0. The molecule has 0 aromatic heterocycles. The van der Waals surface area contributed by atoms with Crippen molar-refractivity contribution in [2.24, 2.45) is 5.41 Å². The van der Waals surface area contributed by atoms with E-state index in [0.29, 0.717) is 0 Å². The molecule has 0 aromatic carbocycles. The molecule has 0 bridgehead atoms. The highest BCUT2D eigenvalue weighted by Crippen LogP contribution is 2.55. The molecule has 0 heterocycles. The smallest absolute Gasteiger partial charge is 0.302 e. The molecule has 2 atom stereocenters. The van der Waals surface area contributed by atoms with Crippen molar-refractivity contribution < 1.29 is 13.3 Å². The molecule has 0 amide bonds. The summed E-state index contributed by atoms with van der Waals surface area (Å²) >= 11 is 0. The van der Waals surface area contributed by atoms with E-state index in [-0.39, 0.29) is 11.5 Å². The van der Waals surface area contributed by atoms with Gasteiger partial charge >= 0.3 is 7.68 Å². The van der Waals surface area contributed by atoms with E-state index >= 15 is 0 Å². The van der Waals surface area contributed by atoms with Crippen LogP contribution in [0.2, 0.25) is 0 Å². The maximum Gasteiger partial charge on any atom is 0.370 e. The van der Waals surface area contributed by atoms with Gasteiger partial charge in [0.2, 0.25) is 0 Å². The molecule has 0 fully saturated rings. The van der Waals surface area contributed by atoms with Crippen LogP contribution in [0.15, 0.2) is 0 Å². The van der Waals surface area contributed by atoms with Crippen LogP contribution in [0.25, 0.3) is 0 Å². The van der Waals surface area contributed by atoms with Gasteiger partial charge in [0.25, 0.3) is 0 Å². The van der Waals surface area contributed by atoms with Crippen LogP contribution in [-0.4, -0.2) is 11.8 Å². The molecular weight excluding hydrogens is 190 g/mol. The van der Waals surface area contributed by atoms with E-state index in [1.54, 1.807) is 20.8 Å². The first-order valence-electron chi connectivity index (χ1n) is 4.55. The molecule has 0 N–H and O–H groups in total. The highest BCUT2D eigenvalue weighted by Gasteiger charge is 2.33. The zero-order chi connectivity index (χ0) is 10.9. The predicted octanol–water partition coefficient (Wildman–Crippen LogP) is 4.01. The fraction of sp³-hybridized carbons (Fsp3) is 1.00. The molecule has 2 unspecified atom stereocenters. The quantitative estimate of drug-likeness (QED) is 0.658. The van der Waals surface area contributed by atoms with Crippen LogP contribution >= 0.6 is 7.68 Å². The Hall–Kier alpha value is 0.120. The van der Waals surface area contributed by atoms with Gasteiger partial charge in [-0.3, -0.25) is 4.57 Å². The van der Waals surface area contributed by atoms with Crippen molar-refractivity contribution in [3.8, 4) is 0 Å². The standard InChI is InChI=1S/C9H20FO2P/c1-7(2)13(10,11)12-8(3)9(4,5)6/h7-8H,1-6H3. The number of hydrogen-bond donors (Lipinski definition) is 0. The largest absolute Gasteiger partial charge is 0.370 e. The van der Waals surface area contributed by atoms with E-state index in [9.17, 15) is 8.76 Å². The Balaban J connectivity index is 4.38. The van der Waals surface area contributed by atoms with Crippen molar-refractivity contribution in [1.29, 1.82) is 0 Å². The molecule has 0 rings (SSSR count). The molecule has 0 radical (unpaired) electrons. The van der Waals surface area contributed by atoms with E-state index < -0.39 is 13.3 Å². The molecule has 0 aromatic rings. The van der Waals surface area contributed by atoms with Crippen LogP contribution in [0, 0.1) is 5.41 Å². The summed E-state index contributed by atoms with van der Waals surface area (Å²) in [4.78, 5) is 0. The van der Waals surface area contributed by atoms with E-state index in [1.807, 2.05) is 20.8 Å². The maximum atomic E-state index is 13.3. The summed E-state index contributed by atoms with van der Waals surface area (Å²) in [7, 11) is -3.92. The van der Waals surface area contributed by atoms with Crippen molar-refractivity contribution in [2.45, 2.75) is 53.3 Å². The molecule has 0 saturated heterocycles. The van der Waals surface area contributed by atoms with Crippen molar-refractivity contribution in [3.63, 3.8) is 0 Å². The summed E-state index contributed by atoms with van der Waals surface area (Å²) in [6.45, 7) is 10.7. The van der Waals surface area contributed by atoms with Gasteiger partial charge in [-0.1, -0.05) is 34.6 Å². The summed E-state index contributed by atoms with van der Waals surface area (Å²) in [5, 5.41) is 0. The second kappa shape index (κ2) is 4.10. The Kier molecular flexibility index (Phi) is 4.14. The lowest BCUT2D eigenvalue weighted by atomic mass is 9.91. The van der Waals surface area contributed by atoms with Gasteiger partial charge in [-0.2, -0.15) is 4.20 Å². The van der Waals surface area contributed by atoms with Gasteiger partial charge in [-0.15, -0.1) is 0 Å². The minimum absolute atomic E-state index is 0.184. The first-order chi connectivity index (χ1) is 5.57. The van der Waals surface area contributed by atoms with Gasteiger partial charge in [-0.05, 0) is 12.3 Å². The molecule has 0 saturated carbocycles. The van der Waals surface area contributed by atoms with Gasteiger partial charge in [0, 0.05) is 0 Å². The van der Waals surface area contributed by atoms with Gasteiger partial charge in [-0.25, -0.2) is 0 Å². The number of halogens is 1. The maximum absolute atomic E-state index is 13.3. The van der Waals surface area contributed by atoms with Crippen LogP contribution in [-0.2, 0) is 9.09 Å². The van der Waals surface area contributed by atoms with E-state index in [0.717, 1.165) is 0 Å². The van der Waals surface area contributed by atoms with Gasteiger partial charge in [0.05, 0.1) is 11.8 Å². The number of hydrogen-bond acceptors (Lipinski definition) is 2. The molecule has 0 spiro atoms. The first kappa shape index (κ1) is 13.1. The molecule has 0 aliphatic carbocycles.